The number of carbonyl (C=O) groups excluding carboxylic acids is 2. The van der Waals surface area contributed by atoms with Crippen LogP contribution in [0.2, 0.25) is 0 Å². The molecule has 1 amide bonds. The van der Waals surface area contributed by atoms with E-state index in [-0.39, 0.29) is 12.3 Å². The summed E-state index contributed by atoms with van der Waals surface area (Å²) < 4.78 is 5.30. The van der Waals surface area contributed by atoms with Crippen molar-refractivity contribution in [2.75, 3.05) is 11.9 Å². The number of aromatic nitrogens is 2. The fourth-order valence-corrected chi connectivity index (χ4v) is 3.31. The quantitative estimate of drug-likeness (QED) is 0.613. The summed E-state index contributed by atoms with van der Waals surface area (Å²) in [5.74, 6) is -0.774. The topological polar surface area (TPSA) is 72.4 Å². The van der Waals surface area contributed by atoms with E-state index in [1.54, 1.807) is 26.4 Å². The van der Waals surface area contributed by atoms with Crippen LogP contribution in [0.5, 0.6) is 0 Å². The number of benzene rings is 1. The van der Waals surface area contributed by atoms with Crippen molar-refractivity contribution in [3.05, 3.63) is 65.9 Å². The maximum atomic E-state index is 12.4. The number of pyridine rings is 1. The summed E-state index contributed by atoms with van der Waals surface area (Å²) in [6.45, 7) is 1.57. The molecule has 3 rings (SSSR count). The van der Waals surface area contributed by atoms with Crippen LogP contribution in [0.25, 0.3) is 10.6 Å². The summed E-state index contributed by atoms with van der Waals surface area (Å²) in [5.41, 5.74) is 2.25. The Labute approximate surface area is 161 Å². The van der Waals surface area contributed by atoms with Crippen LogP contribution in [0.4, 0.5) is 5.69 Å². The van der Waals surface area contributed by atoms with Crippen LogP contribution in [0.15, 0.2) is 60.2 Å². The highest BCUT2D eigenvalue weighted by atomic mass is 32.1. The highest BCUT2D eigenvalue weighted by Gasteiger charge is 2.23. The number of para-hydroxylation sites is 1. The first-order valence-corrected chi connectivity index (χ1v) is 9.29. The summed E-state index contributed by atoms with van der Waals surface area (Å²) in [4.78, 5) is 34.6. The molecule has 0 spiro atoms. The average molecular weight is 381 g/mol. The monoisotopic (exact) mass is 381 g/mol. The van der Waals surface area contributed by atoms with Gasteiger partial charge in [0.25, 0.3) is 5.91 Å². The summed E-state index contributed by atoms with van der Waals surface area (Å²) >= 11 is 1.44. The Kier molecular flexibility index (Phi) is 5.93. The van der Waals surface area contributed by atoms with Crippen molar-refractivity contribution in [2.24, 2.45) is 0 Å². The number of amides is 1. The molecule has 2 heterocycles. The molecule has 0 aliphatic heterocycles. The Morgan fingerprint density at radius 3 is 2.67 bits per heavy atom. The van der Waals surface area contributed by atoms with Crippen molar-refractivity contribution in [3.8, 4) is 10.6 Å². The van der Waals surface area contributed by atoms with E-state index in [2.05, 4.69) is 9.97 Å². The van der Waals surface area contributed by atoms with Crippen molar-refractivity contribution < 1.29 is 14.3 Å². The van der Waals surface area contributed by atoms with E-state index < -0.39 is 12.1 Å². The van der Waals surface area contributed by atoms with E-state index in [4.69, 9.17) is 4.74 Å². The molecule has 1 aromatic carbocycles. The van der Waals surface area contributed by atoms with E-state index in [1.807, 2.05) is 47.8 Å². The van der Waals surface area contributed by atoms with E-state index >= 15 is 0 Å². The highest BCUT2D eigenvalue weighted by molar-refractivity contribution is 7.13. The molecule has 0 bridgehead atoms. The molecule has 0 fully saturated rings. The number of hydrogen-bond donors (Lipinski definition) is 0. The number of esters is 1. The number of thiazole rings is 1. The zero-order valence-electron chi connectivity index (χ0n) is 15.0. The van der Waals surface area contributed by atoms with Crippen LogP contribution >= 0.6 is 11.3 Å². The molecular weight excluding hydrogens is 362 g/mol. The highest BCUT2D eigenvalue weighted by Crippen LogP contribution is 2.23. The number of hydrogen-bond acceptors (Lipinski definition) is 6. The molecule has 0 N–H and O–H groups in total. The fraction of sp³-hybridized carbons (Fsp3) is 0.200. The molecule has 0 aliphatic carbocycles. The fourth-order valence-electron chi connectivity index (χ4n) is 2.50. The van der Waals surface area contributed by atoms with Crippen LogP contribution < -0.4 is 4.90 Å². The third-order valence-electron chi connectivity index (χ3n) is 3.92. The largest absolute Gasteiger partial charge is 0.452 e. The van der Waals surface area contributed by atoms with Crippen molar-refractivity contribution >= 4 is 28.9 Å². The lowest BCUT2D eigenvalue weighted by Crippen LogP contribution is -2.37. The molecular formula is C20H19N3O3S. The van der Waals surface area contributed by atoms with E-state index in [0.29, 0.717) is 5.69 Å². The van der Waals surface area contributed by atoms with Crippen LogP contribution in [-0.4, -0.2) is 35.0 Å². The molecule has 3 aromatic rings. The van der Waals surface area contributed by atoms with Crippen LogP contribution in [-0.2, 0) is 20.7 Å². The zero-order chi connectivity index (χ0) is 19.2. The Morgan fingerprint density at radius 2 is 1.96 bits per heavy atom. The SMILES string of the molecule is C[C@@H](OC(=O)Cc1csc(-c2cccnc2)n1)C(=O)N(C)c1ccccc1. The van der Waals surface area contributed by atoms with Gasteiger partial charge in [-0.1, -0.05) is 18.2 Å². The number of anilines is 1. The first kappa shape index (κ1) is 18.7. The van der Waals surface area contributed by atoms with Gasteiger partial charge in [0.1, 0.15) is 5.01 Å². The number of likely N-dealkylation sites (N-methyl/N-ethyl adjacent to an activating group) is 1. The summed E-state index contributed by atoms with van der Waals surface area (Å²) in [6, 6.07) is 13.0. The zero-order valence-corrected chi connectivity index (χ0v) is 15.8. The third-order valence-corrected chi connectivity index (χ3v) is 4.86. The standard InChI is InChI=1S/C20H19N3O3S/c1-14(20(25)23(2)17-8-4-3-5-9-17)26-18(24)11-16-13-27-19(22-16)15-7-6-10-21-12-15/h3-10,12-14H,11H2,1-2H3/t14-/m1/s1. The molecule has 6 nitrogen and oxygen atoms in total. The Bertz CT molecular complexity index is 912. The first-order chi connectivity index (χ1) is 13.0. The molecule has 2 aromatic heterocycles. The molecule has 0 saturated carbocycles. The number of ether oxygens (including phenoxy) is 1. The third kappa shape index (κ3) is 4.77. The van der Waals surface area contributed by atoms with Crippen molar-refractivity contribution in [1.82, 2.24) is 9.97 Å². The smallest absolute Gasteiger partial charge is 0.312 e. The summed E-state index contributed by atoms with van der Waals surface area (Å²) in [5, 5.41) is 2.60. The van der Waals surface area contributed by atoms with Crippen molar-refractivity contribution in [3.63, 3.8) is 0 Å². The van der Waals surface area contributed by atoms with E-state index in [9.17, 15) is 9.59 Å². The van der Waals surface area contributed by atoms with Gasteiger partial charge in [-0.25, -0.2) is 4.98 Å². The predicted molar refractivity (Wildman–Crippen MR) is 104 cm³/mol. The molecule has 7 heteroatoms. The number of rotatable bonds is 6. The molecule has 27 heavy (non-hydrogen) atoms. The number of carbonyl (C=O) groups is 2. The van der Waals surface area contributed by atoms with Gasteiger partial charge in [0.2, 0.25) is 0 Å². The maximum Gasteiger partial charge on any atom is 0.312 e. The second-order valence-electron chi connectivity index (χ2n) is 5.93. The lowest BCUT2D eigenvalue weighted by molar-refractivity contribution is -0.153. The van der Waals surface area contributed by atoms with Gasteiger partial charge in [-0.15, -0.1) is 11.3 Å². The van der Waals surface area contributed by atoms with E-state index in [1.165, 1.54) is 16.2 Å². The lowest BCUT2D eigenvalue weighted by Gasteiger charge is -2.21. The van der Waals surface area contributed by atoms with Crippen LogP contribution in [0, 0.1) is 0 Å². The van der Waals surface area contributed by atoms with Crippen molar-refractivity contribution in [2.45, 2.75) is 19.4 Å². The second-order valence-corrected chi connectivity index (χ2v) is 6.79. The van der Waals surface area contributed by atoms with Gasteiger partial charge in [-0.2, -0.15) is 0 Å². The Morgan fingerprint density at radius 1 is 1.19 bits per heavy atom. The van der Waals surface area contributed by atoms with E-state index in [0.717, 1.165) is 16.3 Å². The van der Waals surface area contributed by atoms with Crippen molar-refractivity contribution in [1.29, 1.82) is 0 Å². The van der Waals surface area contributed by atoms with Gasteiger partial charge >= 0.3 is 5.97 Å². The minimum absolute atomic E-state index is 0.0173. The first-order valence-electron chi connectivity index (χ1n) is 8.41. The molecule has 1 atom stereocenters. The second kappa shape index (κ2) is 8.55. The van der Waals surface area contributed by atoms with Gasteiger partial charge < -0.3 is 9.64 Å². The minimum Gasteiger partial charge on any atom is -0.452 e. The van der Waals surface area contributed by atoms with Crippen LogP contribution in [0.1, 0.15) is 12.6 Å². The lowest BCUT2D eigenvalue weighted by atomic mass is 10.2. The Hall–Kier alpha value is -3.06. The van der Waals surface area contributed by atoms with Gasteiger partial charge in [0.15, 0.2) is 6.10 Å². The normalized spacial score (nSPS) is 11.6. The van der Waals surface area contributed by atoms with Crippen LogP contribution in [0.3, 0.4) is 0 Å². The Balaban J connectivity index is 1.57. The molecule has 0 radical (unpaired) electrons. The molecule has 0 aliphatic rings. The summed E-state index contributed by atoms with van der Waals surface area (Å²) in [6.07, 6.45) is 2.56. The number of nitrogens with zero attached hydrogens (tertiary/aromatic N) is 3. The summed E-state index contributed by atoms with van der Waals surface area (Å²) in [7, 11) is 1.66. The minimum atomic E-state index is -0.876. The van der Waals surface area contributed by atoms with Gasteiger partial charge in [0, 0.05) is 36.1 Å². The van der Waals surface area contributed by atoms with Gasteiger partial charge in [-0.3, -0.25) is 14.6 Å². The van der Waals surface area contributed by atoms with Gasteiger partial charge in [0.05, 0.1) is 12.1 Å². The molecule has 138 valence electrons. The maximum absolute atomic E-state index is 12.4. The molecule has 0 saturated heterocycles. The molecule has 0 unspecified atom stereocenters. The van der Waals surface area contributed by atoms with Gasteiger partial charge in [-0.05, 0) is 31.2 Å². The average Bonchev–Trinajstić information content (AvgIpc) is 3.16. The predicted octanol–water partition coefficient (Wildman–Crippen LogP) is 3.34.